The average molecular weight is 302 g/mol. The van der Waals surface area contributed by atoms with Crippen LogP contribution in [0.5, 0.6) is 0 Å². The highest BCUT2D eigenvalue weighted by molar-refractivity contribution is 14.1. The Bertz CT molecular complexity index is 554. The smallest absolute Gasteiger partial charge is 0.263 e. The molecular weight excluding hydrogens is 295 g/mol. The molecule has 0 spiro atoms. The summed E-state index contributed by atoms with van der Waals surface area (Å²) in [5.74, 6) is 1.23. The largest absolute Gasteiger partial charge is 0.310 e. The van der Waals surface area contributed by atoms with Crippen LogP contribution in [0.3, 0.4) is 0 Å². The van der Waals surface area contributed by atoms with Gasteiger partial charge in [0.05, 0.1) is 0 Å². The molecule has 2 aromatic rings. The van der Waals surface area contributed by atoms with Gasteiger partial charge in [0.1, 0.15) is 14.9 Å². The number of rotatable bonds is 1. The van der Waals surface area contributed by atoms with Gasteiger partial charge in [-0.15, -0.1) is 0 Å². The summed E-state index contributed by atoms with van der Waals surface area (Å²) in [6.07, 6.45) is 2.24. The molecule has 2 heterocycles. The molecule has 6 heteroatoms. The van der Waals surface area contributed by atoms with Crippen LogP contribution in [0.4, 0.5) is 0 Å². The minimum absolute atomic E-state index is 0.0879. The van der Waals surface area contributed by atoms with Gasteiger partial charge < -0.3 is 4.98 Å². The number of hydrogen-bond acceptors (Lipinski definition) is 3. The summed E-state index contributed by atoms with van der Waals surface area (Å²) in [6.45, 7) is 0. The van der Waals surface area contributed by atoms with Gasteiger partial charge in [0.2, 0.25) is 0 Å². The Kier molecular flexibility index (Phi) is 1.67. The first-order valence-corrected chi connectivity index (χ1v) is 5.47. The molecule has 0 aromatic carbocycles. The van der Waals surface area contributed by atoms with Crippen LogP contribution in [0.1, 0.15) is 24.6 Å². The van der Waals surface area contributed by atoms with Crippen LogP contribution in [0.2, 0.25) is 0 Å². The summed E-state index contributed by atoms with van der Waals surface area (Å²) in [5.41, 5.74) is 0.440. The van der Waals surface area contributed by atoms with Crippen molar-refractivity contribution in [1.29, 1.82) is 0 Å². The Labute approximate surface area is 92.5 Å². The van der Waals surface area contributed by atoms with Crippen molar-refractivity contribution in [1.82, 2.24) is 20.2 Å². The molecule has 1 fully saturated rings. The fourth-order valence-corrected chi connectivity index (χ4v) is 2.07. The molecule has 1 aliphatic carbocycles. The van der Waals surface area contributed by atoms with Gasteiger partial charge in [0.15, 0.2) is 5.65 Å². The minimum Gasteiger partial charge on any atom is -0.310 e. The van der Waals surface area contributed by atoms with Crippen LogP contribution in [0, 0.1) is 3.70 Å². The van der Waals surface area contributed by atoms with Crippen molar-refractivity contribution in [2.45, 2.75) is 18.8 Å². The van der Waals surface area contributed by atoms with Crippen molar-refractivity contribution in [3.8, 4) is 0 Å². The average Bonchev–Trinajstić information content (AvgIpc) is 2.92. The molecule has 2 N–H and O–H groups in total. The Hall–Kier alpha value is -0.920. The van der Waals surface area contributed by atoms with Crippen LogP contribution >= 0.6 is 22.6 Å². The standard InChI is InChI=1S/C8H7IN4O/c9-5-4-7(13-12-5)10-6(3-1-2-3)11-8(4)14/h3H,1-2H2,(H2,10,11,12,13,14). The quantitative estimate of drug-likeness (QED) is 0.775. The number of hydrogen-bond donors (Lipinski definition) is 2. The molecule has 72 valence electrons. The minimum atomic E-state index is -0.0879. The molecule has 5 nitrogen and oxygen atoms in total. The Morgan fingerprint density at radius 1 is 1.43 bits per heavy atom. The van der Waals surface area contributed by atoms with E-state index in [0.29, 0.717) is 17.0 Å². The summed E-state index contributed by atoms with van der Waals surface area (Å²) in [5, 5.41) is 7.31. The number of nitrogens with zero attached hydrogens (tertiary/aromatic N) is 2. The Morgan fingerprint density at radius 3 is 2.93 bits per heavy atom. The van der Waals surface area contributed by atoms with Gasteiger partial charge in [0.25, 0.3) is 5.56 Å². The summed E-state index contributed by atoms with van der Waals surface area (Å²) in [7, 11) is 0. The molecule has 0 atom stereocenters. The van der Waals surface area contributed by atoms with Crippen molar-refractivity contribution in [3.63, 3.8) is 0 Å². The highest BCUT2D eigenvalue weighted by Crippen LogP contribution is 2.37. The monoisotopic (exact) mass is 302 g/mol. The molecular formula is C8H7IN4O. The van der Waals surface area contributed by atoms with Crippen LogP contribution in [-0.2, 0) is 0 Å². The maximum Gasteiger partial charge on any atom is 0.263 e. The highest BCUT2D eigenvalue weighted by Gasteiger charge is 2.27. The van der Waals surface area contributed by atoms with E-state index in [1.807, 2.05) is 22.6 Å². The molecule has 0 unspecified atom stereocenters. The number of aromatic nitrogens is 4. The van der Waals surface area contributed by atoms with Crippen molar-refractivity contribution in [2.75, 3.05) is 0 Å². The lowest BCUT2D eigenvalue weighted by Crippen LogP contribution is -2.11. The second-order valence-corrected chi connectivity index (χ2v) is 4.54. The summed E-state index contributed by atoms with van der Waals surface area (Å²) in [6, 6.07) is 0. The van der Waals surface area contributed by atoms with Crippen LogP contribution in [0.15, 0.2) is 4.79 Å². The predicted molar refractivity (Wildman–Crippen MR) is 59.2 cm³/mol. The van der Waals surface area contributed by atoms with Gasteiger partial charge in [-0.2, -0.15) is 5.10 Å². The van der Waals surface area contributed by atoms with E-state index >= 15 is 0 Å². The third kappa shape index (κ3) is 1.17. The van der Waals surface area contributed by atoms with Crippen LogP contribution in [0.25, 0.3) is 11.0 Å². The first-order valence-electron chi connectivity index (χ1n) is 4.39. The first-order chi connectivity index (χ1) is 6.75. The number of aromatic amines is 2. The number of halogens is 1. The lowest BCUT2D eigenvalue weighted by molar-refractivity contribution is 0.923. The van der Waals surface area contributed by atoms with E-state index in [-0.39, 0.29) is 5.56 Å². The van der Waals surface area contributed by atoms with Crippen LogP contribution < -0.4 is 5.56 Å². The lowest BCUT2D eigenvalue weighted by atomic mass is 10.3. The molecule has 3 rings (SSSR count). The normalized spacial score (nSPS) is 16.4. The van der Waals surface area contributed by atoms with Crippen LogP contribution in [-0.4, -0.2) is 20.2 Å². The maximum atomic E-state index is 11.7. The van der Waals surface area contributed by atoms with E-state index < -0.39 is 0 Å². The zero-order valence-corrected chi connectivity index (χ0v) is 9.33. The first kappa shape index (κ1) is 8.39. The fraction of sp³-hybridized carbons (Fsp3) is 0.375. The maximum absolute atomic E-state index is 11.7. The SMILES string of the molecule is O=c1[nH]c(C2CC2)nc2n[nH]c(I)c12. The lowest BCUT2D eigenvalue weighted by Gasteiger charge is -1.95. The van der Waals surface area contributed by atoms with E-state index in [0.717, 1.165) is 22.4 Å². The van der Waals surface area contributed by atoms with Gasteiger partial charge in [0, 0.05) is 5.92 Å². The molecule has 2 aromatic heterocycles. The van der Waals surface area contributed by atoms with Crippen molar-refractivity contribution >= 4 is 33.6 Å². The van der Waals surface area contributed by atoms with E-state index in [9.17, 15) is 4.79 Å². The van der Waals surface area contributed by atoms with Crippen molar-refractivity contribution < 1.29 is 0 Å². The summed E-state index contributed by atoms with van der Waals surface area (Å²) >= 11 is 2.05. The van der Waals surface area contributed by atoms with Gasteiger partial charge in [-0.3, -0.25) is 9.89 Å². The Balaban J connectivity index is 2.34. The zero-order chi connectivity index (χ0) is 9.71. The van der Waals surface area contributed by atoms with Gasteiger partial charge in [-0.25, -0.2) is 4.98 Å². The molecule has 0 bridgehead atoms. The molecule has 1 aliphatic rings. The molecule has 0 saturated heterocycles. The van der Waals surface area contributed by atoms with Gasteiger partial charge in [-0.1, -0.05) is 0 Å². The molecule has 0 amide bonds. The van der Waals surface area contributed by atoms with Crippen molar-refractivity contribution in [3.05, 3.63) is 19.9 Å². The fourth-order valence-electron chi connectivity index (χ4n) is 1.47. The number of fused-ring (bicyclic) bond motifs is 1. The second kappa shape index (κ2) is 2.78. The number of nitrogens with one attached hydrogen (secondary N) is 2. The van der Waals surface area contributed by atoms with Gasteiger partial charge in [-0.05, 0) is 35.4 Å². The van der Waals surface area contributed by atoms with Gasteiger partial charge >= 0.3 is 0 Å². The Morgan fingerprint density at radius 2 is 2.21 bits per heavy atom. The molecule has 0 aliphatic heterocycles. The van der Waals surface area contributed by atoms with E-state index in [1.54, 1.807) is 0 Å². The predicted octanol–water partition coefficient (Wildman–Crippen LogP) is 1.13. The van der Waals surface area contributed by atoms with E-state index in [1.165, 1.54) is 0 Å². The van der Waals surface area contributed by atoms with E-state index in [2.05, 4.69) is 20.2 Å². The molecule has 14 heavy (non-hydrogen) atoms. The third-order valence-electron chi connectivity index (χ3n) is 2.36. The second-order valence-electron chi connectivity index (χ2n) is 3.46. The van der Waals surface area contributed by atoms with Crippen molar-refractivity contribution in [2.24, 2.45) is 0 Å². The topological polar surface area (TPSA) is 74.4 Å². The zero-order valence-electron chi connectivity index (χ0n) is 7.17. The summed E-state index contributed by atoms with van der Waals surface area (Å²) in [4.78, 5) is 18.8. The molecule has 1 saturated carbocycles. The molecule has 0 radical (unpaired) electrons. The summed E-state index contributed by atoms with van der Waals surface area (Å²) < 4.78 is 0.744. The third-order valence-corrected chi connectivity index (χ3v) is 3.14. The number of H-pyrrole nitrogens is 2. The van der Waals surface area contributed by atoms with E-state index in [4.69, 9.17) is 0 Å². The highest BCUT2D eigenvalue weighted by atomic mass is 127.